The van der Waals surface area contributed by atoms with Crippen LogP contribution in [0.25, 0.3) is 0 Å². The van der Waals surface area contributed by atoms with E-state index in [1.807, 2.05) is 6.07 Å². The number of aromatic nitrogens is 2. The number of anilines is 1. The first-order valence-electron chi connectivity index (χ1n) is 6.10. The van der Waals surface area contributed by atoms with Gasteiger partial charge in [-0.05, 0) is 18.8 Å². The highest BCUT2D eigenvalue weighted by atomic mass is 16.2. The first-order valence-corrected chi connectivity index (χ1v) is 6.10. The van der Waals surface area contributed by atoms with Gasteiger partial charge in [-0.15, -0.1) is 0 Å². The van der Waals surface area contributed by atoms with E-state index in [1.54, 1.807) is 11.9 Å². The zero-order valence-corrected chi connectivity index (χ0v) is 10.7. The minimum absolute atomic E-state index is 0.151. The fraction of sp³-hybridized carbons (Fsp3) is 0.583. The van der Waals surface area contributed by atoms with Crippen molar-refractivity contribution in [3.8, 4) is 6.07 Å². The molecule has 1 N–H and O–H groups in total. The van der Waals surface area contributed by atoms with Crippen LogP contribution < -0.4 is 5.32 Å². The highest BCUT2D eigenvalue weighted by Gasteiger charge is 2.21. The van der Waals surface area contributed by atoms with E-state index < -0.39 is 0 Å². The molecule has 2 amide bonds. The SMILES string of the molecule is CC1CCN(C(=O)Nc2c(C#N)cnn2C)CC1. The van der Waals surface area contributed by atoms with Crippen molar-refractivity contribution >= 4 is 11.8 Å². The van der Waals surface area contributed by atoms with Gasteiger partial charge in [0.25, 0.3) is 0 Å². The van der Waals surface area contributed by atoms with E-state index in [0.717, 1.165) is 25.9 Å². The van der Waals surface area contributed by atoms with Crippen LogP contribution in [0.15, 0.2) is 6.20 Å². The lowest BCUT2D eigenvalue weighted by Gasteiger charge is -2.30. The Labute approximate surface area is 106 Å². The standard InChI is InChI=1S/C12H17N5O/c1-9-3-5-17(6-4-9)12(18)15-11-10(7-13)8-14-16(11)2/h8-9H,3-6H2,1-2H3,(H,15,18). The second-order valence-corrected chi connectivity index (χ2v) is 4.74. The van der Waals surface area contributed by atoms with Crippen molar-refractivity contribution in [3.63, 3.8) is 0 Å². The number of nitriles is 1. The van der Waals surface area contributed by atoms with Crippen LogP contribution in [0.2, 0.25) is 0 Å². The van der Waals surface area contributed by atoms with Crippen LogP contribution in [0.5, 0.6) is 0 Å². The van der Waals surface area contributed by atoms with Gasteiger partial charge in [0.05, 0.1) is 6.20 Å². The lowest BCUT2D eigenvalue weighted by molar-refractivity contribution is 0.186. The number of nitrogens with zero attached hydrogens (tertiary/aromatic N) is 4. The number of amides is 2. The summed E-state index contributed by atoms with van der Waals surface area (Å²) in [4.78, 5) is 13.8. The Morgan fingerprint density at radius 1 is 1.56 bits per heavy atom. The summed E-state index contributed by atoms with van der Waals surface area (Å²) < 4.78 is 1.50. The highest BCUT2D eigenvalue weighted by molar-refractivity contribution is 5.89. The Kier molecular flexibility index (Phi) is 3.51. The molecule has 0 saturated carbocycles. The number of piperidine rings is 1. The molecular weight excluding hydrogens is 230 g/mol. The largest absolute Gasteiger partial charge is 0.324 e. The summed E-state index contributed by atoms with van der Waals surface area (Å²) >= 11 is 0. The maximum absolute atomic E-state index is 12.1. The molecule has 0 spiro atoms. The van der Waals surface area contributed by atoms with Crippen LogP contribution in [0, 0.1) is 17.2 Å². The van der Waals surface area contributed by atoms with E-state index in [0.29, 0.717) is 17.3 Å². The summed E-state index contributed by atoms with van der Waals surface area (Å²) in [5.41, 5.74) is 0.385. The lowest BCUT2D eigenvalue weighted by Crippen LogP contribution is -2.41. The number of urea groups is 1. The first-order chi connectivity index (χ1) is 8.61. The zero-order chi connectivity index (χ0) is 13.1. The van der Waals surface area contributed by atoms with Gasteiger partial charge in [0, 0.05) is 20.1 Å². The van der Waals surface area contributed by atoms with Gasteiger partial charge in [-0.1, -0.05) is 6.92 Å². The zero-order valence-electron chi connectivity index (χ0n) is 10.7. The molecule has 0 aliphatic carbocycles. The van der Waals surface area contributed by atoms with Crippen molar-refractivity contribution in [2.45, 2.75) is 19.8 Å². The molecule has 6 nitrogen and oxygen atoms in total. The normalized spacial score (nSPS) is 16.4. The number of hydrogen-bond acceptors (Lipinski definition) is 3. The molecule has 18 heavy (non-hydrogen) atoms. The number of rotatable bonds is 1. The minimum Gasteiger partial charge on any atom is -0.324 e. The molecule has 0 bridgehead atoms. The molecule has 6 heteroatoms. The van der Waals surface area contributed by atoms with E-state index in [2.05, 4.69) is 17.3 Å². The average Bonchev–Trinajstić information content (AvgIpc) is 2.71. The Morgan fingerprint density at radius 2 is 2.22 bits per heavy atom. The topological polar surface area (TPSA) is 74.0 Å². The van der Waals surface area contributed by atoms with Gasteiger partial charge in [-0.3, -0.25) is 10.00 Å². The average molecular weight is 247 g/mol. The molecule has 96 valence electrons. The summed E-state index contributed by atoms with van der Waals surface area (Å²) in [5.74, 6) is 1.14. The fourth-order valence-corrected chi connectivity index (χ4v) is 2.06. The predicted molar refractivity (Wildman–Crippen MR) is 66.9 cm³/mol. The summed E-state index contributed by atoms with van der Waals surface area (Å²) in [6, 6.07) is 1.86. The van der Waals surface area contributed by atoms with E-state index in [-0.39, 0.29) is 6.03 Å². The monoisotopic (exact) mass is 247 g/mol. The molecule has 1 saturated heterocycles. The van der Waals surface area contributed by atoms with Crippen molar-refractivity contribution in [3.05, 3.63) is 11.8 Å². The van der Waals surface area contributed by atoms with E-state index in [9.17, 15) is 4.79 Å². The van der Waals surface area contributed by atoms with Gasteiger partial charge in [0.15, 0.2) is 0 Å². The Hall–Kier alpha value is -2.03. The minimum atomic E-state index is -0.151. The number of aryl methyl sites for hydroxylation is 1. The molecule has 2 heterocycles. The number of carbonyl (C=O) groups is 1. The maximum atomic E-state index is 12.1. The van der Waals surface area contributed by atoms with Gasteiger partial charge < -0.3 is 4.90 Å². The molecular formula is C12H17N5O. The molecule has 2 rings (SSSR count). The number of nitrogens with one attached hydrogen (secondary N) is 1. The van der Waals surface area contributed by atoms with Crippen LogP contribution in [0.1, 0.15) is 25.3 Å². The van der Waals surface area contributed by atoms with Crippen LogP contribution in [0.3, 0.4) is 0 Å². The molecule has 0 atom stereocenters. The van der Waals surface area contributed by atoms with Gasteiger partial charge in [-0.2, -0.15) is 10.4 Å². The fourth-order valence-electron chi connectivity index (χ4n) is 2.06. The predicted octanol–water partition coefficient (Wildman–Crippen LogP) is 1.56. The number of likely N-dealkylation sites (tertiary alicyclic amines) is 1. The van der Waals surface area contributed by atoms with Crippen molar-refractivity contribution in [2.24, 2.45) is 13.0 Å². The van der Waals surface area contributed by atoms with Gasteiger partial charge in [0.2, 0.25) is 0 Å². The quantitative estimate of drug-likeness (QED) is 0.818. The van der Waals surface area contributed by atoms with Crippen molar-refractivity contribution in [1.82, 2.24) is 14.7 Å². The Morgan fingerprint density at radius 3 is 2.83 bits per heavy atom. The van der Waals surface area contributed by atoms with Gasteiger partial charge in [0.1, 0.15) is 17.5 Å². The number of carbonyl (C=O) groups excluding carboxylic acids is 1. The third-order valence-electron chi connectivity index (χ3n) is 3.36. The van der Waals surface area contributed by atoms with E-state index in [4.69, 9.17) is 5.26 Å². The number of hydrogen-bond donors (Lipinski definition) is 1. The molecule has 1 aromatic heterocycles. The maximum Gasteiger partial charge on any atom is 0.323 e. The highest BCUT2D eigenvalue weighted by Crippen LogP contribution is 2.18. The van der Waals surface area contributed by atoms with Crippen molar-refractivity contribution in [2.75, 3.05) is 18.4 Å². The molecule has 1 fully saturated rings. The molecule has 1 aromatic rings. The van der Waals surface area contributed by atoms with Gasteiger partial charge >= 0.3 is 6.03 Å². The van der Waals surface area contributed by atoms with Gasteiger partial charge in [-0.25, -0.2) is 4.79 Å². The lowest BCUT2D eigenvalue weighted by atomic mass is 10.00. The molecule has 1 aliphatic rings. The Bertz CT molecular complexity index is 479. The second kappa shape index (κ2) is 5.08. The molecule has 1 aliphatic heterocycles. The molecule has 0 aromatic carbocycles. The second-order valence-electron chi connectivity index (χ2n) is 4.74. The molecule has 0 radical (unpaired) electrons. The van der Waals surface area contributed by atoms with E-state index in [1.165, 1.54) is 10.9 Å². The Balaban J connectivity index is 2.03. The smallest absolute Gasteiger partial charge is 0.323 e. The van der Waals surface area contributed by atoms with Crippen LogP contribution >= 0.6 is 0 Å². The third kappa shape index (κ3) is 2.45. The van der Waals surface area contributed by atoms with Crippen molar-refractivity contribution < 1.29 is 4.79 Å². The first kappa shape index (κ1) is 12.4. The van der Waals surface area contributed by atoms with Crippen LogP contribution in [0.4, 0.5) is 10.6 Å². The third-order valence-corrected chi connectivity index (χ3v) is 3.36. The van der Waals surface area contributed by atoms with Crippen LogP contribution in [-0.2, 0) is 7.05 Å². The van der Waals surface area contributed by atoms with Crippen LogP contribution in [-0.4, -0.2) is 33.8 Å². The summed E-state index contributed by atoms with van der Waals surface area (Å²) in [6.07, 6.45) is 3.52. The van der Waals surface area contributed by atoms with E-state index >= 15 is 0 Å². The summed E-state index contributed by atoms with van der Waals surface area (Å²) in [7, 11) is 1.70. The van der Waals surface area contributed by atoms with Crippen molar-refractivity contribution in [1.29, 1.82) is 5.26 Å². The summed E-state index contributed by atoms with van der Waals surface area (Å²) in [6.45, 7) is 3.74. The summed E-state index contributed by atoms with van der Waals surface area (Å²) in [5, 5.41) is 15.6. The molecule has 0 unspecified atom stereocenters.